The number of likely N-dealkylation sites (tertiary alicyclic amines) is 1. The van der Waals surface area contributed by atoms with Crippen molar-refractivity contribution < 1.29 is 28.9 Å². The van der Waals surface area contributed by atoms with E-state index in [9.17, 15) is 24.2 Å². The van der Waals surface area contributed by atoms with Crippen molar-refractivity contribution in [2.75, 3.05) is 7.11 Å². The summed E-state index contributed by atoms with van der Waals surface area (Å²) in [5.41, 5.74) is 2.35. The van der Waals surface area contributed by atoms with Crippen LogP contribution in [-0.2, 0) is 16.1 Å². The van der Waals surface area contributed by atoms with Crippen LogP contribution in [0.3, 0.4) is 0 Å². The summed E-state index contributed by atoms with van der Waals surface area (Å²) < 4.78 is 18.8. The molecule has 0 aromatic heterocycles. The number of aliphatic hydroxyl groups is 1. The second-order valence-electron chi connectivity index (χ2n) is 8.76. The van der Waals surface area contributed by atoms with Gasteiger partial charge in [-0.25, -0.2) is 4.39 Å². The summed E-state index contributed by atoms with van der Waals surface area (Å²) in [6.07, 6.45) is 0. The van der Waals surface area contributed by atoms with Crippen molar-refractivity contribution in [2.45, 2.75) is 32.4 Å². The van der Waals surface area contributed by atoms with Gasteiger partial charge in [-0.1, -0.05) is 38.1 Å². The minimum atomic E-state index is -0.898. The Hall–Kier alpha value is -4.13. The number of nitrogens with zero attached hydrogens (tertiary/aromatic N) is 1. The van der Waals surface area contributed by atoms with E-state index in [0.717, 1.165) is 5.56 Å². The SMILES string of the molecule is COc1ccc(/C(O)=C2/C(=O)C(=O)N(Cc3ccc(F)cc3)C2c2ccc(O)cc2)cc1C(C)C. The fourth-order valence-electron chi connectivity index (χ4n) is 4.32. The molecule has 0 bridgehead atoms. The summed E-state index contributed by atoms with van der Waals surface area (Å²) in [5, 5.41) is 21.1. The van der Waals surface area contributed by atoms with Crippen molar-refractivity contribution in [3.8, 4) is 11.5 Å². The number of phenols is 1. The summed E-state index contributed by atoms with van der Waals surface area (Å²) in [6.45, 7) is 4.01. The first-order valence-electron chi connectivity index (χ1n) is 11.2. The molecule has 1 aliphatic heterocycles. The fourth-order valence-corrected chi connectivity index (χ4v) is 4.32. The van der Waals surface area contributed by atoms with E-state index in [1.807, 2.05) is 13.8 Å². The maximum Gasteiger partial charge on any atom is 0.295 e. The number of hydrogen-bond acceptors (Lipinski definition) is 5. The van der Waals surface area contributed by atoms with E-state index in [0.29, 0.717) is 22.4 Å². The molecule has 1 atom stereocenters. The number of carbonyl (C=O) groups excluding carboxylic acids is 2. The predicted octanol–water partition coefficient (Wildman–Crippen LogP) is 5.29. The van der Waals surface area contributed by atoms with E-state index in [1.165, 1.54) is 29.2 Å². The molecule has 1 amide bonds. The number of methoxy groups -OCH3 is 1. The largest absolute Gasteiger partial charge is 0.508 e. The maximum absolute atomic E-state index is 13.4. The lowest BCUT2D eigenvalue weighted by Crippen LogP contribution is -2.29. The third-order valence-electron chi connectivity index (χ3n) is 6.14. The molecule has 1 unspecified atom stereocenters. The standard InChI is InChI=1S/C28H26FNO5/c1-16(2)22-14-19(8-13-23(22)35-3)26(32)24-25(18-6-11-21(31)12-7-18)30(28(34)27(24)33)15-17-4-9-20(29)10-5-17/h4-14,16,25,31-32H,15H2,1-3H3/b26-24-. The first-order valence-corrected chi connectivity index (χ1v) is 11.2. The lowest BCUT2D eigenvalue weighted by molar-refractivity contribution is -0.140. The zero-order valence-corrected chi connectivity index (χ0v) is 19.7. The van der Waals surface area contributed by atoms with Crippen molar-refractivity contribution in [3.05, 3.63) is 100 Å². The molecule has 0 saturated carbocycles. The molecular formula is C28H26FNO5. The Kier molecular flexibility index (Phi) is 6.60. The Bertz CT molecular complexity index is 1300. The van der Waals surface area contributed by atoms with E-state index in [4.69, 9.17) is 4.74 Å². The molecule has 0 radical (unpaired) electrons. The zero-order chi connectivity index (χ0) is 25.3. The van der Waals surface area contributed by atoms with Crippen LogP contribution in [0.15, 0.2) is 72.3 Å². The summed E-state index contributed by atoms with van der Waals surface area (Å²) in [7, 11) is 1.56. The van der Waals surface area contributed by atoms with Crippen molar-refractivity contribution in [1.29, 1.82) is 0 Å². The number of aliphatic hydroxyl groups excluding tert-OH is 1. The molecule has 0 spiro atoms. The molecule has 1 fully saturated rings. The molecule has 180 valence electrons. The van der Waals surface area contributed by atoms with Gasteiger partial charge in [0.1, 0.15) is 23.1 Å². The Morgan fingerprint density at radius 2 is 1.69 bits per heavy atom. The van der Waals surface area contributed by atoms with E-state index in [1.54, 1.807) is 49.6 Å². The summed E-state index contributed by atoms with van der Waals surface area (Å²) in [4.78, 5) is 27.7. The number of phenolic OH excluding ortho intramolecular Hbond substituents is 1. The molecule has 4 rings (SSSR count). The third kappa shape index (κ3) is 4.62. The van der Waals surface area contributed by atoms with Gasteiger partial charge >= 0.3 is 0 Å². The minimum Gasteiger partial charge on any atom is -0.508 e. The number of hydrogen-bond donors (Lipinski definition) is 2. The van der Waals surface area contributed by atoms with Crippen LogP contribution in [0, 0.1) is 5.82 Å². The minimum absolute atomic E-state index is 0.0287. The average molecular weight is 476 g/mol. The normalized spacial score (nSPS) is 17.3. The van der Waals surface area contributed by atoms with Gasteiger partial charge in [-0.05, 0) is 65.1 Å². The molecule has 2 N–H and O–H groups in total. The number of Topliss-reactive ketones (excluding diaryl/α,β-unsaturated/α-hetero) is 1. The Morgan fingerprint density at radius 1 is 1.03 bits per heavy atom. The second kappa shape index (κ2) is 9.62. The average Bonchev–Trinajstić information content (AvgIpc) is 3.10. The highest BCUT2D eigenvalue weighted by atomic mass is 19.1. The Morgan fingerprint density at radius 3 is 2.29 bits per heavy atom. The van der Waals surface area contributed by atoms with Crippen LogP contribution < -0.4 is 4.74 Å². The van der Waals surface area contributed by atoms with Crippen LogP contribution >= 0.6 is 0 Å². The van der Waals surface area contributed by atoms with Crippen LogP contribution in [0.1, 0.15) is 48.1 Å². The van der Waals surface area contributed by atoms with E-state index >= 15 is 0 Å². The Balaban J connectivity index is 1.86. The van der Waals surface area contributed by atoms with Gasteiger partial charge in [-0.3, -0.25) is 9.59 Å². The number of ether oxygens (including phenoxy) is 1. The number of rotatable bonds is 6. The number of carbonyl (C=O) groups is 2. The molecule has 35 heavy (non-hydrogen) atoms. The van der Waals surface area contributed by atoms with Crippen molar-refractivity contribution in [2.24, 2.45) is 0 Å². The van der Waals surface area contributed by atoms with Crippen LogP contribution in [0.25, 0.3) is 5.76 Å². The molecule has 3 aromatic carbocycles. The first-order chi connectivity index (χ1) is 16.7. The highest BCUT2D eigenvalue weighted by molar-refractivity contribution is 6.46. The maximum atomic E-state index is 13.4. The van der Waals surface area contributed by atoms with Crippen LogP contribution in [0.2, 0.25) is 0 Å². The lowest BCUT2D eigenvalue weighted by Gasteiger charge is -2.25. The topological polar surface area (TPSA) is 87.1 Å². The summed E-state index contributed by atoms with van der Waals surface area (Å²) in [5.74, 6) is -1.52. The molecule has 1 aliphatic rings. The molecule has 1 saturated heterocycles. The molecule has 6 nitrogen and oxygen atoms in total. The number of halogens is 1. The first kappa shape index (κ1) is 24.0. The van der Waals surface area contributed by atoms with Crippen LogP contribution in [-0.4, -0.2) is 33.9 Å². The van der Waals surface area contributed by atoms with Crippen LogP contribution in [0.5, 0.6) is 11.5 Å². The fraction of sp³-hybridized carbons (Fsp3) is 0.214. The Labute approximate surface area is 202 Å². The van der Waals surface area contributed by atoms with E-state index in [2.05, 4.69) is 0 Å². The van der Waals surface area contributed by atoms with Gasteiger partial charge in [-0.15, -0.1) is 0 Å². The monoisotopic (exact) mass is 475 g/mol. The summed E-state index contributed by atoms with van der Waals surface area (Å²) in [6, 6.07) is 16.0. The van der Waals surface area contributed by atoms with Gasteiger partial charge in [-0.2, -0.15) is 0 Å². The highest BCUT2D eigenvalue weighted by Gasteiger charge is 2.46. The molecule has 7 heteroatoms. The molecule has 0 aliphatic carbocycles. The third-order valence-corrected chi connectivity index (χ3v) is 6.14. The van der Waals surface area contributed by atoms with E-state index < -0.39 is 23.5 Å². The van der Waals surface area contributed by atoms with Crippen molar-refractivity contribution >= 4 is 17.4 Å². The van der Waals surface area contributed by atoms with Gasteiger partial charge in [0, 0.05) is 12.1 Å². The summed E-state index contributed by atoms with van der Waals surface area (Å²) >= 11 is 0. The smallest absolute Gasteiger partial charge is 0.295 e. The zero-order valence-electron chi connectivity index (χ0n) is 19.7. The van der Waals surface area contributed by atoms with Gasteiger partial charge in [0.25, 0.3) is 11.7 Å². The number of amides is 1. The molecule has 1 heterocycles. The number of benzene rings is 3. The highest BCUT2D eigenvalue weighted by Crippen LogP contribution is 2.41. The number of aromatic hydroxyl groups is 1. The van der Waals surface area contributed by atoms with Crippen LogP contribution in [0.4, 0.5) is 4.39 Å². The van der Waals surface area contributed by atoms with Gasteiger partial charge in [0.05, 0.1) is 18.7 Å². The molecule has 3 aromatic rings. The van der Waals surface area contributed by atoms with Gasteiger partial charge in [0.2, 0.25) is 0 Å². The van der Waals surface area contributed by atoms with E-state index in [-0.39, 0.29) is 29.5 Å². The molecular weight excluding hydrogens is 449 g/mol. The van der Waals surface area contributed by atoms with Crippen molar-refractivity contribution in [1.82, 2.24) is 4.90 Å². The number of ketones is 1. The van der Waals surface area contributed by atoms with Gasteiger partial charge in [0.15, 0.2) is 0 Å². The van der Waals surface area contributed by atoms with Gasteiger partial charge < -0.3 is 19.8 Å². The predicted molar refractivity (Wildman–Crippen MR) is 129 cm³/mol. The second-order valence-corrected chi connectivity index (χ2v) is 8.76. The quantitative estimate of drug-likeness (QED) is 0.288. The lowest BCUT2D eigenvalue weighted by atomic mass is 9.93. The van der Waals surface area contributed by atoms with Crippen molar-refractivity contribution in [3.63, 3.8) is 0 Å².